The van der Waals surface area contributed by atoms with Crippen molar-refractivity contribution in [2.45, 2.75) is 6.42 Å². The van der Waals surface area contributed by atoms with Gasteiger partial charge in [0.05, 0.1) is 5.69 Å². The first-order chi connectivity index (χ1) is 12.5. The summed E-state index contributed by atoms with van der Waals surface area (Å²) in [5.41, 5.74) is 0.929. The van der Waals surface area contributed by atoms with Crippen molar-refractivity contribution in [3.8, 4) is 0 Å². The fourth-order valence-corrected chi connectivity index (χ4v) is 2.31. The molecule has 1 aromatic carbocycles. The minimum atomic E-state index is -1.53. The Morgan fingerprint density at radius 3 is 2.50 bits per heavy atom. The molecule has 0 saturated heterocycles. The Balaban J connectivity index is 1.71. The number of halogens is 3. The van der Waals surface area contributed by atoms with E-state index in [1.807, 2.05) is 24.1 Å². The summed E-state index contributed by atoms with van der Waals surface area (Å²) in [5.74, 6) is -3.37. The molecule has 134 valence electrons. The van der Waals surface area contributed by atoms with Crippen LogP contribution in [-0.2, 0) is 6.42 Å². The van der Waals surface area contributed by atoms with Gasteiger partial charge in [-0.15, -0.1) is 0 Å². The highest BCUT2D eigenvalue weighted by atomic mass is 19.2. The lowest BCUT2D eigenvalue weighted by atomic mass is 10.2. The van der Waals surface area contributed by atoms with Gasteiger partial charge in [0.25, 0.3) is 0 Å². The summed E-state index contributed by atoms with van der Waals surface area (Å²) < 4.78 is 40.1. The Bertz CT molecular complexity index is 889. The average molecular weight is 359 g/mol. The molecule has 0 aliphatic carbocycles. The summed E-state index contributed by atoms with van der Waals surface area (Å²) in [7, 11) is 1.83. The van der Waals surface area contributed by atoms with Crippen LogP contribution in [0.3, 0.4) is 0 Å². The molecule has 2 heterocycles. The highest BCUT2D eigenvalue weighted by molar-refractivity contribution is 5.57. The van der Waals surface area contributed by atoms with E-state index in [1.54, 1.807) is 12.4 Å². The molecule has 5 nitrogen and oxygen atoms in total. The smallest absolute Gasteiger partial charge is 0.227 e. The Labute approximate surface area is 148 Å². The van der Waals surface area contributed by atoms with Gasteiger partial charge in [0, 0.05) is 32.2 Å². The highest BCUT2D eigenvalue weighted by Gasteiger charge is 2.14. The lowest BCUT2D eigenvalue weighted by Crippen LogP contribution is -2.22. The van der Waals surface area contributed by atoms with Crippen LogP contribution in [0.1, 0.15) is 5.56 Å². The van der Waals surface area contributed by atoms with Crippen molar-refractivity contribution < 1.29 is 13.2 Å². The van der Waals surface area contributed by atoms with Gasteiger partial charge in [0.2, 0.25) is 5.95 Å². The lowest BCUT2D eigenvalue weighted by Gasteiger charge is -2.17. The quantitative estimate of drug-likeness (QED) is 0.680. The van der Waals surface area contributed by atoms with Crippen LogP contribution in [0.2, 0.25) is 0 Å². The van der Waals surface area contributed by atoms with Gasteiger partial charge in [0.1, 0.15) is 5.82 Å². The lowest BCUT2D eigenvalue weighted by molar-refractivity contribution is 0.449. The van der Waals surface area contributed by atoms with Crippen LogP contribution < -0.4 is 10.2 Å². The van der Waals surface area contributed by atoms with Gasteiger partial charge in [0.15, 0.2) is 17.5 Å². The summed E-state index contributed by atoms with van der Waals surface area (Å²) in [5, 5.41) is 2.64. The Morgan fingerprint density at radius 2 is 1.73 bits per heavy atom. The Kier molecular flexibility index (Phi) is 5.31. The summed E-state index contributed by atoms with van der Waals surface area (Å²) in [4.78, 5) is 14.3. The first-order valence-corrected chi connectivity index (χ1v) is 7.88. The number of benzene rings is 1. The largest absolute Gasteiger partial charge is 0.343 e. The van der Waals surface area contributed by atoms with E-state index in [2.05, 4.69) is 20.3 Å². The molecular formula is C18H16F3N5. The molecule has 8 heteroatoms. The molecule has 0 aliphatic heterocycles. The van der Waals surface area contributed by atoms with Gasteiger partial charge < -0.3 is 10.2 Å². The van der Waals surface area contributed by atoms with Crippen LogP contribution in [0.4, 0.5) is 30.6 Å². The topological polar surface area (TPSA) is 53.9 Å². The molecule has 3 rings (SSSR count). The summed E-state index contributed by atoms with van der Waals surface area (Å²) in [6.45, 7) is 0.660. The maximum Gasteiger partial charge on any atom is 0.227 e. The molecule has 0 bridgehead atoms. The van der Waals surface area contributed by atoms with Crippen molar-refractivity contribution in [1.82, 2.24) is 15.0 Å². The van der Waals surface area contributed by atoms with Gasteiger partial charge in [-0.3, -0.25) is 4.98 Å². The third kappa shape index (κ3) is 4.08. The maximum absolute atomic E-state index is 13.8. The molecule has 1 N–H and O–H groups in total. The minimum Gasteiger partial charge on any atom is -0.343 e. The zero-order valence-corrected chi connectivity index (χ0v) is 14.0. The molecular weight excluding hydrogens is 343 g/mol. The summed E-state index contributed by atoms with van der Waals surface area (Å²) in [6.07, 6.45) is 5.74. The molecule has 0 amide bonds. The van der Waals surface area contributed by atoms with E-state index >= 15 is 0 Å². The standard InChI is InChI=1S/C18H16F3N5/c1-26(11-7-12-4-8-22-9-5-12)18-23-10-6-15(25-18)24-14-3-2-13(19)16(20)17(14)21/h2-6,8-10H,7,11H2,1H3,(H,23,24,25). The van der Waals surface area contributed by atoms with Gasteiger partial charge in [-0.25, -0.2) is 18.2 Å². The van der Waals surface area contributed by atoms with Crippen molar-refractivity contribution in [3.63, 3.8) is 0 Å². The fourth-order valence-electron chi connectivity index (χ4n) is 2.31. The SMILES string of the molecule is CN(CCc1ccncc1)c1nccc(Nc2ccc(F)c(F)c2F)n1. The molecule has 0 atom stereocenters. The van der Waals surface area contributed by atoms with Crippen LogP contribution in [0.5, 0.6) is 0 Å². The third-order valence-electron chi connectivity index (χ3n) is 3.77. The third-order valence-corrected chi connectivity index (χ3v) is 3.77. The number of nitrogens with one attached hydrogen (secondary N) is 1. The number of anilines is 3. The number of hydrogen-bond donors (Lipinski definition) is 1. The van der Waals surface area contributed by atoms with Crippen molar-refractivity contribution in [2.75, 3.05) is 23.8 Å². The van der Waals surface area contributed by atoms with E-state index < -0.39 is 17.5 Å². The Morgan fingerprint density at radius 1 is 0.962 bits per heavy atom. The number of pyridine rings is 1. The van der Waals surface area contributed by atoms with E-state index in [1.165, 1.54) is 12.3 Å². The van der Waals surface area contributed by atoms with Crippen LogP contribution in [0.25, 0.3) is 0 Å². The van der Waals surface area contributed by atoms with Gasteiger partial charge >= 0.3 is 0 Å². The minimum absolute atomic E-state index is 0.201. The molecule has 0 aliphatic rings. The maximum atomic E-state index is 13.8. The number of likely N-dealkylation sites (N-methyl/N-ethyl adjacent to an activating group) is 1. The van der Waals surface area contributed by atoms with Crippen molar-refractivity contribution in [2.24, 2.45) is 0 Å². The number of rotatable bonds is 6. The molecule has 0 radical (unpaired) electrons. The van der Waals surface area contributed by atoms with E-state index in [9.17, 15) is 13.2 Å². The molecule has 0 unspecified atom stereocenters. The number of nitrogens with zero attached hydrogens (tertiary/aromatic N) is 4. The summed E-state index contributed by atoms with van der Waals surface area (Å²) in [6, 6.07) is 7.34. The van der Waals surface area contributed by atoms with E-state index in [-0.39, 0.29) is 11.5 Å². The zero-order valence-electron chi connectivity index (χ0n) is 14.0. The Hall–Kier alpha value is -3.16. The van der Waals surface area contributed by atoms with Gasteiger partial charge in [-0.05, 0) is 42.3 Å². The number of hydrogen-bond acceptors (Lipinski definition) is 5. The zero-order chi connectivity index (χ0) is 18.5. The van der Waals surface area contributed by atoms with E-state index in [4.69, 9.17) is 0 Å². The van der Waals surface area contributed by atoms with Crippen LogP contribution in [0.15, 0.2) is 48.9 Å². The van der Waals surface area contributed by atoms with Crippen molar-refractivity contribution >= 4 is 17.5 Å². The highest BCUT2D eigenvalue weighted by Crippen LogP contribution is 2.23. The molecule has 0 saturated carbocycles. The van der Waals surface area contributed by atoms with E-state index in [0.717, 1.165) is 24.1 Å². The fraction of sp³-hybridized carbons (Fsp3) is 0.167. The van der Waals surface area contributed by atoms with Gasteiger partial charge in [-0.2, -0.15) is 4.98 Å². The second kappa shape index (κ2) is 7.81. The number of aromatic nitrogens is 3. The predicted molar refractivity (Wildman–Crippen MR) is 92.8 cm³/mol. The first kappa shape index (κ1) is 17.7. The monoisotopic (exact) mass is 359 g/mol. The molecule has 3 aromatic rings. The molecule has 2 aromatic heterocycles. The van der Waals surface area contributed by atoms with Crippen LogP contribution in [0, 0.1) is 17.5 Å². The second-order valence-corrected chi connectivity index (χ2v) is 5.62. The molecule has 0 fully saturated rings. The first-order valence-electron chi connectivity index (χ1n) is 7.88. The van der Waals surface area contributed by atoms with Crippen LogP contribution >= 0.6 is 0 Å². The van der Waals surface area contributed by atoms with Crippen LogP contribution in [-0.4, -0.2) is 28.5 Å². The van der Waals surface area contributed by atoms with Crippen molar-refractivity contribution in [1.29, 1.82) is 0 Å². The predicted octanol–water partition coefficient (Wildman–Crippen LogP) is 3.71. The average Bonchev–Trinajstić information content (AvgIpc) is 2.67. The van der Waals surface area contributed by atoms with Crippen molar-refractivity contribution in [3.05, 3.63) is 71.9 Å². The second-order valence-electron chi connectivity index (χ2n) is 5.62. The molecule has 26 heavy (non-hydrogen) atoms. The summed E-state index contributed by atoms with van der Waals surface area (Å²) >= 11 is 0. The van der Waals surface area contributed by atoms with E-state index in [0.29, 0.717) is 12.5 Å². The van der Waals surface area contributed by atoms with Gasteiger partial charge in [-0.1, -0.05) is 0 Å². The normalized spacial score (nSPS) is 10.6. The molecule has 0 spiro atoms.